The summed E-state index contributed by atoms with van der Waals surface area (Å²) in [5.74, 6) is 0. The average molecular weight is 223 g/mol. The highest BCUT2D eigenvalue weighted by Crippen LogP contribution is 2.30. The summed E-state index contributed by atoms with van der Waals surface area (Å²) in [5.41, 5.74) is 2.69. The number of benzene rings is 1. The second kappa shape index (κ2) is 4.06. The maximum Gasteiger partial charge on any atom is 0.101 e. The van der Waals surface area contributed by atoms with Crippen molar-refractivity contribution in [2.45, 2.75) is 12.8 Å². The Morgan fingerprint density at radius 2 is 2.00 bits per heavy atom. The standard InChI is InChI=1S/C14H13N3/c15-10-11-5-6-13(17-8-1-2-9-17)12-4-3-7-16-14(11)12/h3-7H,1-2,8-9H2. The molecule has 0 aliphatic carbocycles. The van der Waals surface area contributed by atoms with Crippen LogP contribution in [-0.2, 0) is 0 Å². The van der Waals surface area contributed by atoms with Crippen molar-refractivity contribution in [2.24, 2.45) is 0 Å². The Bertz CT molecular complexity index is 592. The minimum atomic E-state index is 0.656. The fourth-order valence-electron chi connectivity index (χ4n) is 2.48. The predicted octanol–water partition coefficient (Wildman–Crippen LogP) is 2.71. The summed E-state index contributed by atoms with van der Waals surface area (Å²) in [6, 6.07) is 10.1. The molecule has 0 atom stereocenters. The van der Waals surface area contributed by atoms with Crippen LogP contribution in [-0.4, -0.2) is 18.1 Å². The fourth-order valence-corrected chi connectivity index (χ4v) is 2.48. The van der Waals surface area contributed by atoms with Gasteiger partial charge in [0.2, 0.25) is 0 Å². The predicted molar refractivity (Wildman–Crippen MR) is 67.9 cm³/mol. The van der Waals surface area contributed by atoms with E-state index in [-0.39, 0.29) is 0 Å². The monoisotopic (exact) mass is 223 g/mol. The minimum Gasteiger partial charge on any atom is -0.371 e. The van der Waals surface area contributed by atoms with E-state index in [0.717, 1.165) is 24.0 Å². The number of nitrogens with zero attached hydrogens (tertiary/aromatic N) is 3. The van der Waals surface area contributed by atoms with Gasteiger partial charge in [0.05, 0.1) is 11.1 Å². The van der Waals surface area contributed by atoms with E-state index in [1.807, 2.05) is 18.2 Å². The molecule has 0 spiro atoms. The Morgan fingerprint density at radius 1 is 1.18 bits per heavy atom. The maximum atomic E-state index is 9.09. The number of fused-ring (bicyclic) bond motifs is 1. The molecule has 0 radical (unpaired) electrons. The third-order valence-electron chi connectivity index (χ3n) is 3.31. The molecule has 3 rings (SSSR count). The number of rotatable bonds is 1. The number of aromatic nitrogens is 1. The maximum absolute atomic E-state index is 9.09. The Balaban J connectivity index is 2.23. The molecule has 1 aromatic carbocycles. The summed E-state index contributed by atoms with van der Waals surface area (Å²) in [6.45, 7) is 2.21. The summed E-state index contributed by atoms with van der Waals surface area (Å²) in [6.07, 6.45) is 4.25. The van der Waals surface area contributed by atoms with Crippen LogP contribution in [0.25, 0.3) is 10.9 Å². The lowest BCUT2D eigenvalue weighted by Crippen LogP contribution is -2.17. The molecule has 0 N–H and O–H groups in total. The molecule has 17 heavy (non-hydrogen) atoms. The van der Waals surface area contributed by atoms with Crippen molar-refractivity contribution in [1.29, 1.82) is 5.26 Å². The van der Waals surface area contributed by atoms with Crippen molar-refractivity contribution >= 4 is 16.6 Å². The number of anilines is 1. The lowest BCUT2D eigenvalue weighted by Gasteiger charge is -2.19. The van der Waals surface area contributed by atoms with Crippen molar-refractivity contribution in [3.8, 4) is 6.07 Å². The Labute approximate surface area is 100 Å². The Hall–Kier alpha value is -2.08. The topological polar surface area (TPSA) is 39.9 Å². The van der Waals surface area contributed by atoms with Gasteiger partial charge in [-0.25, -0.2) is 0 Å². The smallest absolute Gasteiger partial charge is 0.101 e. The Kier molecular flexibility index (Phi) is 2.41. The molecule has 0 saturated carbocycles. The number of hydrogen-bond acceptors (Lipinski definition) is 3. The van der Waals surface area contributed by atoms with Crippen LogP contribution in [0.3, 0.4) is 0 Å². The molecule has 0 unspecified atom stereocenters. The van der Waals surface area contributed by atoms with E-state index in [2.05, 4.69) is 22.0 Å². The van der Waals surface area contributed by atoms with Crippen LogP contribution in [0, 0.1) is 11.3 Å². The fraction of sp³-hybridized carbons (Fsp3) is 0.286. The molecule has 3 heteroatoms. The third kappa shape index (κ3) is 1.62. The van der Waals surface area contributed by atoms with Gasteiger partial charge in [-0.05, 0) is 37.1 Å². The zero-order valence-corrected chi connectivity index (χ0v) is 9.56. The minimum absolute atomic E-state index is 0.656. The first-order valence-corrected chi connectivity index (χ1v) is 5.93. The van der Waals surface area contributed by atoms with Gasteiger partial charge in [0, 0.05) is 30.4 Å². The van der Waals surface area contributed by atoms with E-state index in [1.165, 1.54) is 18.5 Å². The average Bonchev–Trinajstić information content (AvgIpc) is 2.91. The van der Waals surface area contributed by atoms with Crippen LogP contribution in [0.2, 0.25) is 0 Å². The molecule has 2 heterocycles. The largest absolute Gasteiger partial charge is 0.371 e. The highest BCUT2D eigenvalue weighted by atomic mass is 15.1. The summed E-state index contributed by atoms with van der Waals surface area (Å²) < 4.78 is 0. The van der Waals surface area contributed by atoms with Crippen LogP contribution >= 0.6 is 0 Å². The number of hydrogen-bond donors (Lipinski definition) is 0. The lowest BCUT2D eigenvalue weighted by molar-refractivity contribution is 0.949. The van der Waals surface area contributed by atoms with Gasteiger partial charge in [-0.2, -0.15) is 5.26 Å². The van der Waals surface area contributed by atoms with E-state index in [4.69, 9.17) is 5.26 Å². The van der Waals surface area contributed by atoms with Crippen LogP contribution in [0.5, 0.6) is 0 Å². The van der Waals surface area contributed by atoms with Crippen LogP contribution in [0.1, 0.15) is 18.4 Å². The molecule has 1 aliphatic heterocycles. The molecular formula is C14H13N3. The van der Waals surface area contributed by atoms with Crippen molar-refractivity contribution < 1.29 is 0 Å². The summed E-state index contributed by atoms with van der Waals surface area (Å²) in [5, 5.41) is 10.2. The molecular weight excluding hydrogens is 210 g/mol. The molecule has 84 valence electrons. The molecule has 1 aliphatic rings. The van der Waals surface area contributed by atoms with Crippen LogP contribution in [0.4, 0.5) is 5.69 Å². The molecule has 0 bridgehead atoms. The van der Waals surface area contributed by atoms with Crippen LogP contribution in [0.15, 0.2) is 30.5 Å². The molecule has 0 amide bonds. The zero-order valence-electron chi connectivity index (χ0n) is 9.56. The van der Waals surface area contributed by atoms with Crippen molar-refractivity contribution in [3.63, 3.8) is 0 Å². The SMILES string of the molecule is N#Cc1ccc(N2CCCC2)c2cccnc12. The first-order chi connectivity index (χ1) is 8.40. The van der Waals surface area contributed by atoms with Gasteiger partial charge < -0.3 is 4.90 Å². The van der Waals surface area contributed by atoms with Gasteiger partial charge in [0.1, 0.15) is 6.07 Å². The molecule has 3 nitrogen and oxygen atoms in total. The normalized spacial score (nSPS) is 15.1. The molecule has 1 fully saturated rings. The van der Waals surface area contributed by atoms with Crippen molar-refractivity contribution in [1.82, 2.24) is 4.98 Å². The van der Waals surface area contributed by atoms with Crippen molar-refractivity contribution in [3.05, 3.63) is 36.0 Å². The van der Waals surface area contributed by atoms with E-state index in [9.17, 15) is 0 Å². The highest BCUT2D eigenvalue weighted by molar-refractivity contribution is 5.95. The first kappa shape index (κ1) is 10.1. The molecule has 1 aromatic heterocycles. The van der Waals surface area contributed by atoms with Gasteiger partial charge in [-0.15, -0.1) is 0 Å². The van der Waals surface area contributed by atoms with Gasteiger partial charge in [0.25, 0.3) is 0 Å². The van der Waals surface area contributed by atoms with E-state index in [0.29, 0.717) is 5.56 Å². The molecule has 2 aromatic rings. The quantitative estimate of drug-likeness (QED) is 0.746. The Morgan fingerprint density at radius 3 is 2.76 bits per heavy atom. The van der Waals surface area contributed by atoms with Crippen LogP contribution < -0.4 is 4.90 Å². The van der Waals surface area contributed by atoms with Gasteiger partial charge in [-0.3, -0.25) is 4.98 Å². The summed E-state index contributed by atoms with van der Waals surface area (Å²) >= 11 is 0. The first-order valence-electron chi connectivity index (χ1n) is 5.93. The van der Waals surface area contributed by atoms with E-state index < -0.39 is 0 Å². The zero-order chi connectivity index (χ0) is 11.7. The van der Waals surface area contributed by atoms with Gasteiger partial charge in [0.15, 0.2) is 0 Å². The second-order valence-electron chi connectivity index (χ2n) is 4.34. The van der Waals surface area contributed by atoms with Gasteiger partial charge in [-0.1, -0.05) is 0 Å². The van der Waals surface area contributed by atoms with Gasteiger partial charge >= 0.3 is 0 Å². The third-order valence-corrected chi connectivity index (χ3v) is 3.31. The van der Waals surface area contributed by atoms with E-state index >= 15 is 0 Å². The summed E-state index contributed by atoms with van der Waals surface area (Å²) in [7, 11) is 0. The molecule has 1 saturated heterocycles. The lowest BCUT2D eigenvalue weighted by atomic mass is 10.1. The van der Waals surface area contributed by atoms with E-state index in [1.54, 1.807) is 6.20 Å². The second-order valence-corrected chi connectivity index (χ2v) is 4.34. The van der Waals surface area contributed by atoms with Crippen molar-refractivity contribution in [2.75, 3.05) is 18.0 Å². The number of nitriles is 1. The summed E-state index contributed by atoms with van der Waals surface area (Å²) in [4.78, 5) is 6.72. The number of pyridine rings is 1. The highest BCUT2D eigenvalue weighted by Gasteiger charge is 2.16.